The minimum Gasteiger partial charge on any atom is -0.393 e. The lowest BCUT2D eigenvalue weighted by atomic mass is 10.2. The topological polar surface area (TPSA) is 43.8 Å². The highest BCUT2D eigenvalue weighted by atomic mass is 32.1. The maximum absolute atomic E-state index is 5.53. The summed E-state index contributed by atoms with van der Waals surface area (Å²) in [7, 11) is 0. The van der Waals surface area contributed by atoms with Crippen molar-refractivity contribution in [2.75, 3.05) is 0 Å². The number of nitrogens with two attached hydrogens (primary N) is 1. The van der Waals surface area contributed by atoms with Crippen LogP contribution in [0.15, 0.2) is 6.07 Å². The second-order valence-electron chi connectivity index (χ2n) is 3.41. The predicted molar refractivity (Wildman–Crippen MR) is 57.7 cm³/mol. The Morgan fingerprint density at radius 2 is 2.31 bits per heavy atom. The molecule has 3 nitrogen and oxygen atoms in total. The van der Waals surface area contributed by atoms with Crippen molar-refractivity contribution in [3.8, 4) is 0 Å². The van der Waals surface area contributed by atoms with Crippen LogP contribution in [0, 0.1) is 19.8 Å². The van der Waals surface area contributed by atoms with Gasteiger partial charge in [0.25, 0.3) is 0 Å². The molecule has 13 heavy (non-hydrogen) atoms. The third-order valence-corrected chi connectivity index (χ3v) is 2.44. The summed E-state index contributed by atoms with van der Waals surface area (Å²) < 4.78 is 1.94. The van der Waals surface area contributed by atoms with Crippen LogP contribution in [-0.2, 0) is 6.54 Å². The van der Waals surface area contributed by atoms with E-state index in [2.05, 4.69) is 5.10 Å². The summed E-state index contributed by atoms with van der Waals surface area (Å²) in [5.41, 5.74) is 7.72. The van der Waals surface area contributed by atoms with Crippen LogP contribution >= 0.6 is 12.2 Å². The van der Waals surface area contributed by atoms with Crippen LogP contribution < -0.4 is 5.73 Å². The fraction of sp³-hybridized carbons (Fsp3) is 0.556. The number of aromatic nitrogens is 2. The quantitative estimate of drug-likeness (QED) is 0.745. The number of rotatable bonds is 3. The van der Waals surface area contributed by atoms with Crippen molar-refractivity contribution in [1.29, 1.82) is 0 Å². The summed E-state index contributed by atoms with van der Waals surface area (Å²) in [5.74, 6) is 0.202. The Balaban J connectivity index is 2.74. The van der Waals surface area contributed by atoms with Crippen molar-refractivity contribution >= 4 is 17.2 Å². The van der Waals surface area contributed by atoms with Gasteiger partial charge in [-0.2, -0.15) is 5.10 Å². The van der Waals surface area contributed by atoms with Crippen LogP contribution in [0.1, 0.15) is 18.3 Å². The number of hydrogen-bond acceptors (Lipinski definition) is 2. The van der Waals surface area contributed by atoms with Gasteiger partial charge in [-0.05, 0) is 19.9 Å². The molecule has 0 saturated heterocycles. The maximum atomic E-state index is 5.53. The highest BCUT2D eigenvalue weighted by Crippen LogP contribution is 2.06. The van der Waals surface area contributed by atoms with Gasteiger partial charge in [-0.1, -0.05) is 19.1 Å². The summed E-state index contributed by atoms with van der Waals surface area (Å²) in [4.78, 5) is 0.549. The molecule has 0 spiro atoms. The second kappa shape index (κ2) is 3.87. The molecule has 0 fully saturated rings. The Morgan fingerprint density at radius 1 is 1.69 bits per heavy atom. The summed E-state index contributed by atoms with van der Waals surface area (Å²) in [6, 6.07) is 2.05. The molecule has 0 aliphatic rings. The molecule has 0 amide bonds. The lowest BCUT2D eigenvalue weighted by Crippen LogP contribution is -2.23. The van der Waals surface area contributed by atoms with Crippen molar-refractivity contribution in [1.82, 2.24) is 9.78 Å². The standard InChI is InChI=1S/C9H15N3S/c1-6(9(10)13)5-12-8(3)4-7(2)11-12/h4,6H,5H2,1-3H3,(H2,10,13). The zero-order valence-electron chi connectivity index (χ0n) is 8.24. The predicted octanol–water partition coefficient (Wildman–Crippen LogP) is 1.42. The summed E-state index contributed by atoms with van der Waals surface area (Å²) >= 11 is 4.90. The Hall–Kier alpha value is -0.900. The molecule has 0 saturated carbocycles. The molecule has 0 radical (unpaired) electrons. The van der Waals surface area contributed by atoms with E-state index in [0.29, 0.717) is 4.99 Å². The minimum atomic E-state index is 0.202. The molecule has 4 heteroatoms. The molecule has 1 aromatic heterocycles. The van der Waals surface area contributed by atoms with Crippen molar-refractivity contribution in [2.24, 2.45) is 11.7 Å². The van der Waals surface area contributed by atoms with E-state index in [1.54, 1.807) is 0 Å². The van der Waals surface area contributed by atoms with E-state index in [1.165, 1.54) is 0 Å². The van der Waals surface area contributed by atoms with E-state index in [4.69, 9.17) is 18.0 Å². The lowest BCUT2D eigenvalue weighted by Gasteiger charge is -2.10. The maximum Gasteiger partial charge on any atom is 0.0774 e. The third-order valence-electron chi connectivity index (χ3n) is 2.04. The van der Waals surface area contributed by atoms with Crippen LogP contribution in [0.3, 0.4) is 0 Å². The monoisotopic (exact) mass is 197 g/mol. The number of thiocarbonyl (C=S) groups is 1. The molecule has 2 N–H and O–H groups in total. The van der Waals surface area contributed by atoms with E-state index in [0.717, 1.165) is 17.9 Å². The van der Waals surface area contributed by atoms with Crippen LogP contribution in [0.2, 0.25) is 0 Å². The molecule has 0 bridgehead atoms. The fourth-order valence-corrected chi connectivity index (χ4v) is 1.28. The van der Waals surface area contributed by atoms with Gasteiger partial charge < -0.3 is 5.73 Å². The van der Waals surface area contributed by atoms with Gasteiger partial charge in [-0.25, -0.2) is 0 Å². The van der Waals surface area contributed by atoms with Crippen LogP contribution in [-0.4, -0.2) is 14.8 Å². The SMILES string of the molecule is Cc1cc(C)n(CC(C)C(N)=S)n1. The minimum absolute atomic E-state index is 0.202. The average molecular weight is 197 g/mol. The first-order valence-corrected chi connectivity index (χ1v) is 4.72. The van der Waals surface area contributed by atoms with Crippen molar-refractivity contribution in [2.45, 2.75) is 27.3 Å². The van der Waals surface area contributed by atoms with Crippen molar-refractivity contribution < 1.29 is 0 Å². The Bertz CT molecular complexity index is 317. The molecule has 0 aliphatic heterocycles. The third kappa shape index (κ3) is 2.52. The normalized spacial score (nSPS) is 12.8. The highest BCUT2D eigenvalue weighted by Gasteiger charge is 2.08. The zero-order valence-corrected chi connectivity index (χ0v) is 9.06. The van der Waals surface area contributed by atoms with Gasteiger partial charge in [0.1, 0.15) is 0 Å². The number of hydrogen-bond donors (Lipinski definition) is 1. The van der Waals surface area contributed by atoms with Gasteiger partial charge in [0.2, 0.25) is 0 Å². The first-order chi connectivity index (χ1) is 6.00. The molecule has 0 aliphatic carbocycles. The van der Waals surface area contributed by atoms with E-state index < -0.39 is 0 Å². The van der Waals surface area contributed by atoms with Gasteiger partial charge in [-0.15, -0.1) is 0 Å². The molecule has 72 valence electrons. The smallest absolute Gasteiger partial charge is 0.0774 e. The van der Waals surface area contributed by atoms with Crippen molar-refractivity contribution in [3.05, 3.63) is 17.5 Å². The Labute approximate surface area is 83.9 Å². The molecule has 1 heterocycles. The highest BCUT2D eigenvalue weighted by molar-refractivity contribution is 7.80. The van der Waals surface area contributed by atoms with Gasteiger partial charge >= 0.3 is 0 Å². The summed E-state index contributed by atoms with van der Waals surface area (Å²) in [6.07, 6.45) is 0. The van der Waals surface area contributed by atoms with Gasteiger partial charge in [0.15, 0.2) is 0 Å². The molecule has 1 unspecified atom stereocenters. The average Bonchev–Trinajstić information content (AvgIpc) is 2.30. The molecular weight excluding hydrogens is 182 g/mol. The molecule has 0 aromatic carbocycles. The van der Waals surface area contributed by atoms with Gasteiger partial charge in [0.05, 0.1) is 17.2 Å². The molecule has 1 atom stereocenters. The zero-order chi connectivity index (χ0) is 10.0. The van der Waals surface area contributed by atoms with E-state index in [-0.39, 0.29) is 5.92 Å². The number of aryl methyl sites for hydroxylation is 2. The van der Waals surface area contributed by atoms with E-state index in [9.17, 15) is 0 Å². The first-order valence-electron chi connectivity index (χ1n) is 4.31. The van der Waals surface area contributed by atoms with Crippen LogP contribution in [0.5, 0.6) is 0 Å². The second-order valence-corrected chi connectivity index (χ2v) is 3.88. The van der Waals surface area contributed by atoms with Crippen molar-refractivity contribution in [3.63, 3.8) is 0 Å². The Morgan fingerprint density at radius 3 is 2.69 bits per heavy atom. The Kier molecular flexibility index (Phi) is 3.03. The van der Waals surface area contributed by atoms with Gasteiger partial charge in [0, 0.05) is 11.6 Å². The van der Waals surface area contributed by atoms with Crippen LogP contribution in [0.4, 0.5) is 0 Å². The molecule has 1 aromatic rings. The molecule has 1 rings (SSSR count). The van der Waals surface area contributed by atoms with Gasteiger partial charge in [-0.3, -0.25) is 4.68 Å². The fourth-order valence-electron chi connectivity index (χ4n) is 1.21. The van der Waals surface area contributed by atoms with Crippen LogP contribution in [0.25, 0.3) is 0 Å². The van der Waals surface area contributed by atoms with E-state index in [1.807, 2.05) is 31.5 Å². The largest absolute Gasteiger partial charge is 0.393 e. The first kappa shape index (κ1) is 10.2. The van der Waals surface area contributed by atoms with E-state index >= 15 is 0 Å². The molecular formula is C9H15N3S. The summed E-state index contributed by atoms with van der Waals surface area (Å²) in [5, 5.41) is 4.33. The summed E-state index contributed by atoms with van der Waals surface area (Å²) in [6.45, 7) is 6.80. The lowest BCUT2D eigenvalue weighted by molar-refractivity contribution is 0.528. The number of nitrogens with zero attached hydrogens (tertiary/aromatic N) is 2.